The van der Waals surface area contributed by atoms with E-state index >= 15 is 0 Å². The first-order chi connectivity index (χ1) is 7.97. The molecule has 0 aliphatic rings. The summed E-state index contributed by atoms with van der Waals surface area (Å²) in [7, 11) is 0. The second-order valence-corrected chi connectivity index (χ2v) is 4.28. The summed E-state index contributed by atoms with van der Waals surface area (Å²) in [5.41, 5.74) is 5.33. The number of aliphatic hydroxyl groups is 1. The number of ether oxygens (including phenoxy) is 1. The Labute approximate surface area is 109 Å². The number of amides is 1. The summed E-state index contributed by atoms with van der Waals surface area (Å²) in [6.45, 7) is 1.74. The van der Waals surface area contributed by atoms with Crippen LogP contribution in [0, 0.1) is 0 Å². The lowest BCUT2D eigenvalue weighted by atomic mass is 10.0. The maximum Gasteiger partial charge on any atom is 0.405 e. The summed E-state index contributed by atoms with van der Waals surface area (Å²) in [5.74, 6) is 0. The van der Waals surface area contributed by atoms with Gasteiger partial charge in [-0.05, 0) is 18.6 Å². The molecule has 0 heterocycles. The molecule has 0 radical (unpaired) electrons. The van der Waals surface area contributed by atoms with Crippen molar-refractivity contribution in [3.05, 3.63) is 33.8 Å². The van der Waals surface area contributed by atoms with Crippen LogP contribution in [0.2, 0.25) is 10.0 Å². The van der Waals surface area contributed by atoms with Crippen molar-refractivity contribution in [1.29, 1.82) is 0 Å². The van der Waals surface area contributed by atoms with E-state index in [9.17, 15) is 9.90 Å². The van der Waals surface area contributed by atoms with Crippen LogP contribution in [0.25, 0.3) is 0 Å². The number of benzene rings is 1. The first-order valence-electron chi connectivity index (χ1n) is 5.05. The minimum Gasteiger partial charge on any atom is -0.439 e. The molecule has 0 bridgehead atoms. The van der Waals surface area contributed by atoms with E-state index in [1.54, 1.807) is 25.1 Å². The Bertz CT molecular complexity index is 391. The molecule has 6 heteroatoms. The molecule has 0 saturated carbocycles. The molecule has 0 spiro atoms. The summed E-state index contributed by atoms with van der Waals surface area (Å²) >= 11 is 12.0. The zero-order valence-electron chi connectivity index (χ0n) is 9.19. The number of rotatable bonds is 4. The van der Waals surface area contributed by atoms with Crippen LogP contribution in [0.4, 0.5) is 4.79 Å². The summed E-state index contributed by atoms with van der Waals surface area (Å²) in [6, 6.07) is 4.86. The van der Waals surface area contributed by atoms with Gasteiger partial charge in [-0.25, -0.2) is 4.79 Å². The number of primary amides is 1. The summed E-state index contributed by atoms with van der Waals surface area (Å²) < 4.78 is 4.87. The Hall–Kier alpha value is -0.970. The number of carbonyl (C=O) groups excluding carboxylic acids is 1. The molecule has 1 unspecified atom stereocenters. The molecule has 0 saturated heterocycles. The molecule has 1 amide bonds. The zero-order chi connectivity index (χ0) is 13.0. The highest BCUT2D eigenvalue weighted by molar-refractivity contribution is 6.36. The van der Waals surface area contributed by atoms with Gasteiger partial charge >= 0.3 is 6.09 Å². The van der Waals surface area contributed by atoms with Crippen LogP contribution in [0.15, 0.2) is 18.2 Å². The topological polar surface area (TPSA) is 72.6 Å². The minimum atomic E-state index is -0.988. The van der Waals surface area contributed by atoms with Crippen molar-refractivity contribution in [2.24, 2.45) is 5.73 Å². The average Bonchev–Trinajstić information content (AvgIpc) is 2.26. The number of hydrogen-bond acceptors (Lipinski definition) is 3. The fraction of sp³-hybridized carbons (Fsp3) is 0.364. The van der Waals surface area contributed by atoms with Crippen LogP contribution in [0.5, 0.6) is 0 Å². The number of halogens is 2. The molecule has 0 aliphatic heterocycles. The van der Waals surface area contributed by atoms with Crippen LogP contribution in [-0.4, -0.2) is 17.3 Å². The third-order valence-corrected chi connectivity index (χ3v) is 2.95. The van der Waals surface area contributed by atoms with E-state index in [1.165, 1.54) is 0 Å². The van der Waals surface area contributed by atoms with Crippen molar-refractivity contribution in [2.45, 2.75) is 25.6 Å². The van der Waals surface area contributed by atoms with Crippen molar-refractivity contribution < 1.29 is 14.6 Å². The standard InChI is InChI=1S/C11H13Cl2NO3/c1-2-8(15)10(17-11(14)16)9-6(12)4-3-5-7(9)13/h3-5,8,10,15H,2H2,1H3,(H2,14,16)/t8-,10?/m0/s1. The van der Waals surface area contributed by atoms with Crippen LogP contribution in [0.3, 0.4) is 0 Å². The molecule has 0 aromatic heterocycles. The third-order valence-electron chi connectivity index (χ3n) is 2.30. The normalized spacial score (nSPS) is 14.1. The van der Waals surface area contributed by atoms with Gasteiger partial charge < -0.3 is 15.6 Å². The van der Waals surface area contributed by atoms with Gasteiger partial charge in [0.2, 0.25) is 0 Å². The molecule has 4 nitrogen and oxygen atoms in total. The molecule has 1 aromatic rings. The molecule has 3 N–H and O–H groups in total. The van der Waals surface area contributed by atoms with Crippen LogP contribution < -0.4 is 5.73 Å². The number of aliphatic hydroxyl groups excluding tert-OH is 1. The molecule has 17 heavy (non-hydrogen) atoms. The van der Waals surface area contributed by atoms with E-state index in [0.717, 1.165) is 0 Å². The first kappa shape index (κ1) is 14.1. The maximum absolute atomic E-state index is 10.8. The van der Waals surface area contributed by atoms with E-state index in [1.807, 2.05) is 0 Å². The molecule has 1 aromatic carbocycles. The third kappa shape index (κ3) is 3.49. The first-order valence-corrected chi connectivity index (χ1v) is 5.81. The Kier molecular flexibility index (Phi) is 5.05. The predicted molar refractivity (Wildman–Crippen MR) is 66.2 cm³/mol. The second-order valence-electron chi connectivity index (χ2n) is 3.47. The highest BCUT2D eigenvalue weighted by atomic mass is 35.5. The van der Waals surface area contributed by atoms with Crippen molar-refractivity contribution in [3.8, 4) is 0 Å². The summed E-state index contributed by atoms with van der Waals surface area (Å²) in [4.78, 5) is 10.8. The smallest absolute Gasteiger partial charge is 0.405 e. The molecule has 2 atom stereocenters. The Morgan fingerprint density at radius 1 is 1.47 bits per heavy atom. The van der Waals surface area contributed by atoms with Crippen molar-refractivity contribution in [3.63, 3.8) is 0 Å². The van der Waals surface area contributed by atoms with Crippen molar-refractivity contribution >= 4 is 29.3 Å². The highest BCUT2D eigenvalue weighted by Gasteiger charge is 2.27. The zero-order valence-corrected chi connectivity index (χ0v) is 10.7. The number of hydrogen-bond donors (Lipinski definition) is 2. The van der Waals surface area contributed by atoms with Crippen LogP contribution in [0.1, 0.15) is 25.0 Å². The van der Waals surface area contributed by atoms with Gasteiger partial charge in [-0.15, -0.1) is 0 Å². The molecule has 0 fully saturated rings. The number of carbonyl (C=O) groups is 1. The fourth-order valence-electron chi connectivity index (χ4n) is 1.45. The van der Waals surface area contributed by atoms with E-state index < -0.39 is 18.3 Å². The number of nitrogens with two attached hydrogens (primary N) is 1. The molecule has 1 rings (SSSR count). The second kappa shape index (κ2) is 6.10. The summed E-state index contributed by atoms with van der Waals surface area (Å²) in [6.07, 6.45) is -2.49. The molecular weight excluding hydrogens is 265 g/mol. The maximum atomic E-state index is 10.8. The lowest BCUT2D eigenvalue weighted by Crippen LogP contribution is -2.26. The van der Waals surface area contributed by atoms with E-state index in [-0.39, 0.29) is 0 Å². The van der Waals surface area contributed by atoms with E-state index in [0.29, 0.717) is 22.0 Å². The molecule has 0 aliphatic carbocycles. The highest BCUT2D eigenvalue weighted by Crippen LogP contribution is 2.35. The lowest BCUT2D eigenvalue weighted by Gasteiger charge is -2.23. The SMILES string of the molecule is CC[C@H](O)C(OC(N)=O)c1c(Cl)cccc1Cl. The predicted octanol–water partition coefficient (Wildman–Crippen LogP) is 2.90. The van der Waals surface area contributed by atoms with Gasteiger partial charge in [0.25, 0.3) is 0 Å². The summed E-state index contributed by atoms with van der Waals surface area (Å²) in [5, 5.41) is 10.5. The van der Waals surface area contributed by atoms with Gasteiger partial charge in [-0.2, -0.15) is 0 Å². The fourth-order valence-corrected chi connectivity index (χ4v) is 2.06. The monoisotopic (exact) mass is 277 g/mol. The van der Waals surface area contributed by atoms with Crippen LogP contribution >= 0.6 is 23.2 Å². The van der Waals surface area contributed by atoms with Crippen molar-refractivity contribution in [2.75, 3.05) is 0 Å². The van der Waals surface area contributed by atoms with Gasteiger partial charge in [0.05, 0.1) is 6.10 Å². The Balaban J connectivity index is 3.16. The van der Waals surface area contributed by atoms with Gasteiger partial charge in [0.15, 0.2) is 6.10 Å². The van der Waals surface area contributed by atoms with Crippen molar-refractivity contribution in [1.82, 2.24) is 0 Å². The largest absolute Gasteiger partial charge is 0.439 e. The van der Waals surface area contributed by atoms with Gasteiger partial charge in [-0.3, -0.25) is 0 Å². The van der Waals surface area contributed by atoms with Crippen LogP contribution in [-0.2, 0) is 4.74 Å². The Morgan fingerprint density at radius 3 is 2.41 bits per heavy atom. The van der Waals surface area contributed by atoms with Gasteiger partial charge in [0, 0.05) is 15.6 Å². The quantitative estimate of drug-likeness (QED) is 0.889. The van der Waals surface area contributed by atoms with E-state index in [4.69, 9.17) is 33.7 Å². The van der Waals surface area contributed by atoms with E-state index in [2.05, 4.69) is 0 Å². The Morgan fingerprint density at radius 2 is 2.00 bits per heavy atom. The minimum absolute atomic E-state index is 0.316. The van der Waals surface area contributed by atoms with Gasteiger partial charge in [0.1, 0.15) is 0 Å². The molecular formula is C11H13Cl2NO3. The lowest BCUT2D eigenvalue weighted by molar-refractivity contribution is 0.00346. The average molecular weight is 278 g/mol. The van der Waals surface area contributed by atoms with Gasteiger partial charge in [-0.1, -0.05) is 36.2 Å². The molecule has 94 valence electrons.